The Balaban J connectivity index is 1.64. The lowest BCUT2D eigenvalue weighted by Crippen LogP contribution is -2.27. The first-order chi connectivity index (χ1) is 12.0. The van der Waals surface area contributed by atoms with Gasteiger partial charge in [0.15, 0.2) is 11.5 Å². The van der Waals surface area contributed by atoms with Gasteiger partial charge in [-0.15, -0.1) is 0 Å². The molecule has 130 valence electrons. The number of nitrogen functional groups attached to an aromatic ring is 1. The molecule has 0 unspecified atom stereocenters. The van der Waals surface area contributed by atoms with Crippen molar-refractivity contribution in [3.63, 3.8) is 0 Å². The van der Waals surface area contributed by atoms with E-state index >= 15 is 0 Å². The summed E-state index contributed by atoms with van der Waals surface area (Å²) in [4.78, 5) is 26.2. The normalized spacial score (nSPS) is 11.0. The molecule has 2 N–H and O–H groups in total. The molecule has 8 heteroatoms. The van der Waals surface area contributed by atoms with Crippen LogP contribution in [0.25, 0.3) is 11.2 Å². The van der Waals surface area contributed by atoms with E-state index in [0.29, 0.717) is 36.5 Å². The molecular formula is C17H19FN6O. The van der Waals surface area contributed by atoms with Gasteiger partial charge < -0.3 is 15.2 Å². The Kier molecular flexibility index (Phi) is 4.60. The van der Waals surface area contributed by atoms with E-state index in [4.69, 9.17) is 5.73 Å². The highest BCUT2D eigenvalue weighted by Crippen LogP contribution is 2.15. The third-order valence-corrected chi connectivity index (χ3v) is 4.13. The topological polar surface area (TPSA) is 89.9 Å². The van der Waals surface area contributed by atoms with E-state index in [1.54, 1.807) is 28.9 Å². The molecule has 0 fully saturated rings. The maximum Gasteiger partial charge on any atom is 0.224 e. The summed E-state index contributed by atoms with van der Waals surface area (Å²) in [5.74, 6) is 0.0232. The molecule has 3 rings (SSSR count). The number of fused-ring (bicyclic) bond motifs is 1. The Morgan fingerprint density at radius 1 is 1.32 bits per heavy atom. The Morgan fingerprint density at radius 3 is 2.88 bits per heavy atom. The molecule has 0 radical (unpaired) electrons. The molecule has 1 aromatic carbocycles. The van der Waals surface area contributed by atoms with E-state index in [2.05, 4.69) is 15.0 Å². The van der Waals surface area contributed by atoms with Crippen molar-refractivity contribution in [2.24, 2.45) is 0 Å². The zero-order valence-corrected chi connectivity index (χ0v) is 14.1. The number of nitrogens with two attached hydrogens (primary N) is 1. The first-order valence-electron chi connectivity index (χ1n) is 7.86. The van der Waals surface area contributed by atoms with Gasteiger partial charge in [0.05, 0.1) is 6.33 Å². The standard InChI is InChI=1S/C17H19FN6O/c1-11-7-13(18)4-3-12(11)8-23(2)14(25)5-6-24-10-22-15-16(19)20-9-21-17(15)24/h3-4,7,9-10H,5-6,8H2,1-2H3,(H2,19,20,21). The van der Waals surface area contributed by atoms with Crippen molar-refractivity contribution in [1.82, 2.24) is 24.4 Å². The lowest BCUT2D eigenvalue weighted by Gasteiger charge is -2.18. The number of hydrogen-bond acceptors (Lipinski definition) is 5. The average Bonchev–Trinajstić information content (AvgIpc) is 2.99. The summed E-state index contributed by atoms with van der Waals surface area (Å²) >= 11 is 0. The fourth-order valence-corrected chi connectivity index (χ4v) is 2.65. The molecular weight excluding hydrogens is 323 g/mol. The summed E-state index contributed by atoms with van der Waals surface area (Å²) in [6, 6.07) is 4.58. The number of carbonyl (C=O) groups excluding carboxylic acids is 1. The molecule has 0 atom stereocenters. The number of carbonyl (C=O) groups is 1. The van der Waals surface area contributed by atoms with Gasteiger partial charge in [-0.1, -0.05) is 6.07 Å². The number of nitrogens with zero attached hydrogens (tertiary/aromatic N) is 5. The molecule has 2 aromatic heterocycles. The van der Waals surface area contributed by atoms with Crippen LogP contribution in [0.2, 0.25) is 0 Å². The summed E-state index contributed by atoms with van der Waals surface area (Å²) in [5, 5.41) is 0. The lowest BCUT2D eigenvalue weighted by molar-refractivity contribution is -0.130. The number of rotatable bonds is 5. The van der Waals surface area contributed by atoms with E-state index in [1.807, 2.05) is 6.92 Å². The smallest absolute Gasteiger partial charge is 0.224 e. The average molecular weight is 342 g/mol. The number of anilines is 1. The molecule has 0 saturated heterocycles. The molecule has 0 aliphatic carbocycles. The van der Waals surface area contributed by atoms with Crippen LogP contribution >= 0.6 is 0 Å². The molecule has 1 amide bonds. The van der Waals surface area contributed by atoms with Crippen LogP contribution in [0.4, 0.5) is 10.2 Å². The second kappa shape index (κ2) is 6.84. The predicted molar refractivity (Wildman–Crippen MR) is 92.0 cm³/mol. The number of aryl methyl sites for hydroxylation is 2. The molecule has 2 heterocycles. The Bertz CT molecular complexity index is 923. The van der Waals surface area contributed by atoms with Gasteiger partial charge >= 0.3 is 0 Å². The second-order valence-corrected chi connectivity index (χ2v) is 5.94. The third-order valence-electron chi connectivity index (χ3n) is 4.13. The highest BCUT2D eigenvalue weighted by molar-refractivity contribution is 5.81. The van der Waals surface area contributed by atoms with E-state index in [9.17, 15) is 9.18 Å². The van der Waals surface area contributed by atoms with Gasteiger partial charge in [0.1, 0.15) is 17.7 Å². The van der Waals surface area contributed by atoms with E-state index in [0.717, 1.165) is 11.1 Å². The Labute approximate surface area is 144 Å². The van der Waals surface area contributed by atoms with Crippen LogP contribution in [-0.4, -0.2) is 37.4 Å². The summed E-state index contributed by atoms with van der Waals surface area (Å²) in [5.41, 5.74) is 8.65. The van der Waals surface area contributed by atoms with E-state index in [1.165, 1.54) is 18.5 Å². The Hall–Kier alpha value is -3.03. The predicted octanol–water partition coefficient (Wildman–Crippen LogP) is 1.90. The van der Waals surface area contributed by atoms with Crippen LogP contribution in [0.1, 0.15) is 17.5 Å². The van der Waals surface area contributed by atoms with Crippen molar-refractivity contribution in [2.45, 2.75) is 26.4 Å². The van der Waals surface area contributed by atoms with E-state index in [-0.39, 0.29) is 11.7 Å². The van der Waals surface area contributed by atoms with Crippen molar-refractivity contribution in [1.29, 1.82) is 0 Å². The van der Waals surface area contributed by atoms with Crippen molar-refractivity contribution in [3.8, 4) is 0 Å². The highest BCUT2D eigenvalue weighted by Gasteiger charge is 2.13. The number of amides is 1. The molecule has 0 aliphatic heterocycles. The number of aromatic nitrogens is 4. The molecule has 0 spiro atoms. The first kappa shape index (κ1) is 16.8. The van der Waals surface area contributed by atoms with Gasteiger partial charge in [0, 0.05) is 26.6 Å². The summed E-state index contributed by atoms with van der Waals surface area (Å²) in [6.07, 6.45) is 3.28. The summed E-state index contributed by atoms with van der Waals surface area (Å²) in [6.45, 7) is 2.71. The third kappa shape index (κ3) is 3.57. The minimum absolute atomic E-state index is 0.0207. The number of benzene rings is 1. The van der Waals surface area contributed by atoms with Crippen LogP contribution in [0.15, 0.2) is 30.9 Å². The summed E-state index contributed by atoms with van der Waals surface area (Å²) in [7, 11) is 1.73. The molecule has 0 aliphatic rings. The van der Waals surface area contributed by atoms with Gasteiger partial charge in [0.2, 0.25) is 5.91 Å². The number of imidazole rings is 1. The zero-order chi connectivity index (χ0) is 18.0. The molecule has 0 saturated carbocycles. The quantitative estimate of drug-likeness (QED) is 0.765. The van der Waals surface area contributed by atoms with Crippen LogP contribution in [0.3, 0.4) is 0 Å². The SMILES string of the molecule is Cc1cc(F)ccc1CN(C)C(=O)CCn1cnc2c(N)ncnc21. The van der Waals surface area contributed by atoms with Gasteiger partial charge in [-0.25, -0.2) is 19.3 Å². The summed E-state index contributed by atoms with van der Waals surface area (Å²) < 4.78 is 14.9. The zero-order valence-electron chi connectivity index (χ0n) is 14.1. The van der Waals surface area contributed by atoms with Gasteiger partial charge in [-0.3, -0.25) is 4.79 Å². The fourth-order valence-electron chi connectivity index (χ4n) is 2.65. The highest BCUT2D eigenvalue weighted by atomic mass is 19.1. The fraction of sp³-hybridized carbons (Fsp3) is 0.294. The largest absolute Gasteiger partial charge is 0.382 e. The lowest BCUT2D eigenvalue weighted by atomic mass is 10.1. The minimum atomic E-state index is -0.275. The van der Waals surface area contributed by atoms with Crippen LogP contribution in [0, 0.1) is 12.7 Å². The molecule has 25 heavy (non-hydrogen) atoms. The van der Waals surface area contributed by atoms with Crippen molar-refractivity contribution in [2.75, 3.05) is 12.8 Å². The Morgan fingerprint density at radius 2 is 2.12 bits per heavy atom. The molecule has 7 nitrogen and oxygen atoms in total. The van der Waals surface area contributed by atoms with Crippen LogP contribution < -0.4 is 5.73 Å². The molecule has 3 aromatic rings. The van der Waals surface area contributed by atoms with Crippen LogP contribution in [-0.2, 0) is 17.9 Å². The van der Waals surface area contributed by atoms with E-state index < -0.39 is 0 Å². The van der Waals surface area contributed by atoms with Crippen molar-refractivity contribution in [3.05, 3.63) is 47.8 Å². The van der Waals surface area contributed by atoms with Crippen molar-refractivity contribution < 1.29 is 9.18 Å². The number of halogens is 1. The number of hydrogen-bond donors (Lipinski definition) is 1. The maximum absolute atomic E-state index is 13.2. The molecule has 0 bridgehead atoms. The second-order valence-electron chi connectivity index (χ2n) is 5.94. The first-order valence-corrected chi connectivity index (χ1v) is 7.86. The van der Waals surface area contributed by atoms with Gasteiger partial charge in [-0.05, 0) is 30.2 Å². The maximum atomic E-state index is 13.2. The van der Waals surface area contributed by atoms with Gasteiger partial charge in [-0.2, -0.15) is 0 Å². The minimum Gasteiger partial charge on any atom is -0.382 e. The monoisotopic (exact) mass is 342 g/mol. The van der Waals surface area contributed by atoms with Gasteiger partial charge in [0.25, 0.3) is 0 Å². The van der Waals surface area contributed by atoms with Crippen molar-refractivity contribution >= 4 is 22.9 Å². The van der Waals surface area contributed by atoms with Crippen LogP contribution in [0.5, 0.6) is 0 Å².